The maximum absolute atomic E-state index is 13.7. The van der Waals surface area contributed by atoms with Gasteiger partial charge in [-0.25, -0.2) is 9.18 Å². The van der Waals surface area contributed by atoms with Gasteiger partial charge in [-0.3, -0.25) is 4.57 Å². The van der Waals surface area contributed by atoms with Gasteiger partial charge in [0.05, 0.1) is 6.61 Å². The van der Waals surface area contributed by atoms with Crippen molar-refractivity contribution in [1.29, 1.82) is 0 Å². The van der Waals surface area contributed by atoms with Gasteiger partial charge in [-0.1, -0.05) is 0 Å². The lowest BCUT2D eigenvalue weighted by Crippen LogP contribution is -2.33. The number of halogens is 1. The third-order valence-electron chi connectivity index (χ3n) is 2.60. The van der Waals surface area contributed by atoms with Crippen LogP contribution in [0.2, 0.25) is 0 Å². The Morgan fingerprint density at radius 3 is 2.88 bits per heavy atom. The smallest absolute Gasteiger partial charge is 0.351 e. The summed E-state index contributed by atoms with van der Waals surface area (Å²) in [5.41, 5.74) is 4.52. The largest absolute Gasteiger partial charge is 0.394 e. The van der Waals surface area contributed by atoms with Crippen molar-refractivity contribution in [3.05, 3.63) is 22.7 Å². The molecule has 0 radical (unpaired) electrons. The fraction of sp³-hybridized carbons (Fsp3) is 0.556. The SMILES string of the molecule is Nc1ccn([C@@H]2O[C@H](CO)C(O)[C@@H]2[18F])c(=O)n1. The molecule has 2 rings (SSSR count). The topological polar surface area (TPSA) is 111 Å². The van der Waals surface area contributed by atoms with Crippen LogP contribution in [-0.4, -0.2) is 44.8 Å². The van der Waals surface area contributed by atoms with Gasteiger partial charge in [0.15, 0.2) is 12.4 Å². The van der Waals surface area contributed by atoms with Crippen LogP contribution in [0.15, 0.2) is 17.1 Å². The standard InChI is InChI=1S/C9H12FN3O4/c10-6-7(15)4(3-14)17-8(6)13-2-1-5(11)12-9(13)16/h1-2,4,6-8,14-15H,3H2,(H2,11,12,16)/t4-,6+,7?,8-/m1/s1/i10-1. The van der Waals surface area contributed by atoms with E-state index >= 15 is 0 Å². The van der Waals surface area contributed by atoms with Crippen molar-refractivity contribution >= 4 is 5.82 Å². The van der Waals surface area contributed by atoms with Gasteiger partial charge in [0.2, 0.25) is 0 Å². The second kappa shape index (κ2) is 4.40. The summed E-state index contributed by atoms with van der Waals surface area (Å²) in [6, 6.07) is 1.32. The third kappa shape index (κ3) is 2.02. The molecule has 4 N–H and O–H groups in total. The van der Waals surface area contributed by atoms with Gasteiger partial charge in [-0.2, -0.15) is 4.98 Å². The molecule has 1 saturated heterocycles. The van der Waals surface area contributed by atoms with Crippen molar-refractivity contribution in [2.24, 2.45) is 0 Å². The van der Waals surface area contributed by atoms with Crippen LogP contribution in [0.25, 0.3) is 0 Å². The van der Waals surface area contributed by atoms with E-state index < -0.39 is 36.9 Å². The molecule has 0 spiro atoms. The zero-order valence-electron chi connectivity index (χ0n) is 8.73. The maximum Gasteiger partial charge on any atom is 0.351 e. The van der Waals surface area contributed by atoms with E-state index in [1.165, 1.54) is 12.3 Å². The normalized spacial score (nSPS) is 32.9. The quantitative estimate of drug-likeness (QED) is 0.578. The van der Waals surface area contributed by atoms with Crippen LogP contribution >= 0.6 is 0 Å². The predicted octanol–water partition coefficient (Wildman–Crippen LogP) is -1.59. The Bertz CT molecular complexity index is 466. The minimum absolute atomic E-state index is 0.0129. The predicted molar refractivity (Wildman–Crippen MR) is 54.8 cm³/mol. The van der Waals surface area contributed by atoms with Crippen LogP contribution in [0, 0.1) is 0 Å². The monoisotopic (exact) mass is 244 g/mol. The van der Waals surface area contributed by atoms with Gasteiger partial charge < -0.3 is 20.7 Å². The van der Waals surface area contributed by atoms with Crippen molar-refractivity contribution in [2.45, 2.75) is 24.6 Å². The minimum atomic E-state index is -1.81. The number of aliphatic hydroxyl groups is 2. The highest BCUT2D eigenvalue weighted by atomic mass is 18.2. The Kier molecular flexibility index (Phi) is 3.09. The maximum atomic E-state index is 13.7. The molecule has 0 amide bonds. The highest BCUT2D eigenvalue weighted by Crippen LogP contribution is 2.30. The van der Waals surface area contributed by atoms with Crippen LogP contribution in [0.1, 0.15) is 6.23 Å². The molecule has 1 aliphatic rings. The number of hydrogen-bond donors (Lipinski definition) is 3. The second-order valence-electron chi connectivity index (χ2n) is 3.72. The number of hydrogen-bond acceptors (Lipinski definition) is 6. The summed E-state index contributed by atoms with van der Waals surface area (Å²) in [6.07, 6.45) is -4.42. The van der Waals surface area contributed by atoms with E-state index in [1.807, 2.05) is 0 Å². The van der Waals surface area contributed by atoms with Gasteiger partial charge in [0.25, 0.3) is 0 Å². The highest BCUT2D eigenvalue weighted by Gasteiger charge is 2.45. The molecule has 7 nitrogen and oxygen atoms in total. The molecule has 0 bridgehead atoms. The van der Waals surface area contributed by atoms with E-state index in [0.717, 1.165) is 4.57 Å². The molecule has 2 heterocycles. The lowest BCUT2D eigenvalue weighted by Gasteiger charge is -2.15. The number of aliphatic hydroxyl groups excluding tert-OH is 2. The third-order valence-corrected chi connectivity index (χ3v) is 2.60. The number of aromatic nitrogens is 2. The molecule has 17 heavy (non-hydrogen) atoms. The van der Waals surface area contributed by atoms with Gasteiger partial charge >= 0.3 is 5.69 Å². The van der Waals surface area contributed by atoms with Gasteiger partial charge in [-0.05, 0) is 6.07 Å². The van der Waals surface area contributed by atoms with E-state index in [2.05, 4.69) is 4.98 Å². The summed E-state index contributed by atoms with van der Waals surface area (Å²) in [6.45, 7) is -0.533. The van der Waals surface area contributed by atoms with E-state index in [1.54, 1.807) is 0 Å². The van der Waals surface area contributed by atoms with Crippen LogP contribution < -0.4 is 11.4 Å². The summed E-state index contributed by atoms with van der Waals surface area (Å²) in [7, 11) is 0. The van der Waals surface area contributed by atoms with Crippen molar-refractivity contribution in [3.63, 3.8) is 0 Å². The summed E-state index contributed by atoms with van der Waals surface area (Å²) in [4.78, 5) is 14.9. The lowest BCUT2D eigenvalue weighted by molar-refractivity contribution is -0.0490. The number of nitrogens with two attached hydrogens (primary N) is 1. The molecule has 8 heteroatoms. The zero-order valence-corrected chi connectivity index (χ0v) is 8.73. The van der Waals surface area contributed by atoms with Gasteiger partial charge in [0, 0.05) is 6.20 Å². The van der Waals surface area contributed by atoms with Crippen LogP contribution in [0.3, 0.4) is 0 Å². The summed E-state index contributed by atoms with van der Waals surface area (Å²) in [5, 5.41) is 18.3. The average molecular weight is 244 g/mol. The van der Waals surface area contributed by atoms with Crippen molar-refractivity contribution < 1.29 is 19.3 Å². The molecule has 4 atom stereocenters. The van der Waals surface area contributed by atoms with E-state index in [-0.39, 0.29) is 5.82 Å². The number of nitrogen functional groups attached to an aromatic ring is 1. The van der Waals surface area contributed by atoms with Crippen molar-refractivity contribution in [2.75, 3.05) is 12.3 Å². The summed E-state index contributed by atoms with van der Waals surface area (Å²) >= 11 is 0. The van der Waals surface area contributed by atoms with E-state index in [0.29, 0.717) is 0 Å². The second-order valence-corrected chi connectivity index (χ2v) is 3.72. The van der Waals surface area contributed by atoms with Crippen LogP contribution in [0.5, 0.6) is 0 Å². The molecule has 0 aliphatic carbocycles. The molecule has 1 unspecified atom stereocenters. The van der Waals surface area contributed by atoms with Gasteiger partial charge in [-0.15, -0.1) is 0 Å². The van der Waals surface area contributed by atoms with Crippen molar-refractivity contribution in [1.82, 2.24) is 9.55 Å². The molecular weight excluding hydrogens is 232 g/mol. The lowest BCUT2D eigenvalue weighted by atomic mass is 10.1. The first-order valence-corrected chi connectivity index (χ1v) is 4.97. The van der Waals surface area contributed by atoms with E-state index in [4.69, 9.17) is 15.6 Å². The molecule has 94 valence electrons. The molecule has 1 fully saturated rings. The number of alkyl halides is 1. The molecule has 0 aromatic carbocycles. The number of ether oxygens (including phenoxy) is 1. The number of rotatable bonds is 2. The Morgan fingerprint density at radius 2 is 2.35 bits per heavy atom. The van der Waals surface area contributed by atoms with Gasteiger partial charge in [0.1, 0.15) is 18.0 Å². The van der Waals surface area contributed by atoms with Crippen LogP contribution in [-0.2, 0) is 4.74 Å². The first kappa shape index (κ1) is 12.0. The molecule has 1 aromatic rings. The van der Waals surface area contributed by atoms with Crippen molar-refractivity contribution in [3.8, 4) is 0 Å². The fourth-order valence-corrected chi connectivity index (χ4v) is 1.70. The first-order chi connectivity index (χ1) is 8.04. The molecule has 1 aliphatic heterocycles. The molecule has 1 aromatic heterocycles. The number of nitrogens with zero attached hydrogens (tertiary/aromatic N) is 2. The Hall–Kier alpha value is -1.51. The zero-order chi connectivity index (χ0) is 12.6. The average Bonchev–Trinajstić information content (AvgIpc) is 2.57. The Morgan fingerprint density at radius 1 is 1.65 bits per heavy atom. The Labute approximate surface area is 95.3 Å². The van der Waals surface area contributed by atoms with E-state index in [9.17, 15) is 14.3 Å². The molecule has 0 saturated carbocycles. The van der Waals surface area contributed by atoms with Crippen LogP contribution in [0.4, 0.5) is 10.2 Å². The number of anilines is 1. The summed E-state index contributed by atoms with van der Waals surface area (Å²) in [5.74, 6) is 0.0129. The fourth-order valence-electron chi connectivity index (χ4n) is 1.70. The minimum Gasteiger partial charge on any atom is -0.394 e. The molecular formula is C9H12FN3O4. The summed E-state index contributed by atoms with van der Waals surface area (Å²) < 4.78 is 19.6. The Balaban J connectivity index is 2.32. The first-order valence-electron chi connectivity index (χ1n) is 4.97. The highest BCUT2D eigenvalue weighted by molar-refractivity contribution is 5.23.